The van der Waals surface area contributed by atoms with E-state index < -0.39 is 10.8 Å². The van der Waals surface area contributed by atoms with Gasteiger partial charge in [0.25, 0.3) is 0 Å². The van der Waals surface area contributed by atoms with Crippen LogP contribution in [0.25, 0.3) is 0 Å². The largest absolute Gasteiger partial charge is 0.501 e. The predicted molar refractivity (Wildman–Crippen MR) is 82.7 cm³/mol. The topological polar surface area (TPSA) is 39.7 Å². The first-order valence-corrected chi connectivity index (χ1v) is 6.92. The van der Waals surface area contributed by atoms with E-state index in [9.17, 15) is 0 Å². The van der Waals surface area contributed by atoms with E-state index in [0.717, 1.165) is 25.9 Å². The highest BCUT2D eigenvalue weighted by Gasteiger charge is 2.43. The van der Waals surface area contributed by atoms with Crippen LogP contribution in [0.5, 0.6) is 17.2 Å². The van der Waals surface area contributed by atoms with Crippen molar-refractivity contribution in [3.63, 3.8) is 0 Å². The molecule has 2 aliphatic heterocycles. The van der Waals surface area contributed by atoms with Gasteiger partial charge in [0.15, 0.2) is 11.5 Å². The van der Waals surface area contributed by atoms with Gasteiger partial charge in [-0.25, -0.2) is 0 Å². The first-order valence-electron chi connectivity index (χ1n) is 6.92. The molecule has 8 heteroatoms. The van der Waals surface area contributed by atoms with Gasteiger partial charge >= 0.3 is 0 Å². The number of ether oxygens (including phenoxy) is 3. The second-order valence-corrected chi connectivity index (χ2v) is 5.47. The maximum atomic E-state index is 5.92. The normalized spacial score (nSPS) is 23.4. The summed E-state index contributed by atoms with van der Waals surface area (Å²) in [6, 6.07) is 5.14. The Kier molecular flexibility index (Phi) is 3.68. The molecule has 0 aromatic heterocycles. The van der Waals surface area contributed by atoms with E-state index in [0.29, 0.717) is 17.2 Å². The molecule has 0 atom stereocenters. The second-order valence-electron chi connectivity index (χ2n) is 5.47. The minimum atomic E-state index is -1.83. The van der Waals surface area contributed by atoms with Crippen molar-refractivity contribution in [3.8, 4) is 17.2 Å². The summed E-state index contributed by atoms with van der Waals surface area (Å²) in [5.74, 6) is 1.41. The minimum Gasteiger partial charge on any atom is -0.501 e. The lowest BCUT2D eigenvalue weighted by molar-refractivity contribution is 0.0608. The molecule has 100 valence electrons. The Morgan fingerprint density at radius 3 is 2.29 bits per heavy atom. The third-order valence-corrected chi connectivity index (χ3v) is 3.67. The summed E-state index contributed by atoms with van der Waals surface area (Å²) in [6.07, 6.45) is 2.10. The van der Waals surface area contributed by atoms with Gasteiger partial charge in [-0.05, 0) is 38.1 Å². The van der Waals surface area contributed by atoms with Crippen molar-refractivity contribution < 1.29 is 14.2 Å². The van der Waals surface area contributed by atoms with Gasteiger partial charge in [-0.2, -0.15) is 0 Å². The van der Waals surface area contributed by atoms with Crippen LogP contribution in [-0.4, -0.2) is 61.4 Å². The van der Waals surface area contributed by atoms with Gasteiger partial charge < -0.3 is 19.5 Å². The lowest BCUT2D eigenvalue weighted by Crippen LogP contribution is -2.65. The third kappa shape index (κ3) is 2.91. The molecule has 0 amide bonds. The van der Waals surface area contributed by atoms with Gasteiger partial charge in [-0.15, -0.1) is 0 Å². The summed E-state index contributed by atoms with van der Waals surface area (Å²) >= 11 is 0. The fourth-order valence-electron chi connectivity index (χ4n) is 2.35. The first kappa shape index (κ1) is 14.8. The predicted octanol–water partition coefficient (Wildman–Crippen LogP) is -0.430. The SMILES string of the molecule is [B]C1([B])Oc2ccc(OC3CCNCC3)cc2OC1([B])[B]. The van der Waals surface area contributed by atoms with Crippen LogP contribution in [0, 0.1) is 0 Å². The average Bonchev–Trinajstić information content (AvgIpc) is 2.41. The monoisotopic (exact) mass is 275 g/mol. The lowest BCUT2D eigenvalue weighted by Gasteiger charge is -2.48. The van der Waals surface area contributed by atoms with E-state index >= 15 is 0 Å². The number of hydrogen-bond acceptors (Lipinski definition) is 4. The number of hydrogen-bond donors (Lipinski definition) is 1. The minimum absolute atomic E-state index is 0.178. The molecule has 4 nitrogen and oxygen atoms in total. The van der Waals surface area contributed by atoms with E-state index in [1.165, 1.54) is 0 Å². The van der Waals surface area contributed by atoms with Crippen LogP contribution in [0.4, 0.5) is 0 Å². The summed E-state index contributed by atoms with van der Waals surface area (Å²) in [4.78, 5) is 0. The number of nitrogens with one attached hydrogen (secondary N) is 1. The average molecular weight is 274 g/mol. The molecular formula is C13H13B4NO3. The highest BCUT2D eigenvalue weighted by Crippen LogP contribution is 2.41. The Hall–Kier alpha value is -1.16. The highest BCUT2D eigenvalue weighted by molar-refractivity contribution is 6.53. The molecule has 1 saturated heterocycles. The van der Waals surface area contributed by atoms with Crippen molar-refractivity contribution in [2.24, 2.45) is 0 Å². The van der Waals surface area contributed by atoms with Crippen LogP contribution < -0.4 is 19.5 Å². The highest BCUT2D eigenvalue weighted by atomic mass is 16.6. The zero-order valence-corrected chi connectivity index (χ0v) is 11.7. The molecule has 1 aromatic rings. The lowest BCUT2D eigenvalue weighted by atomic mass is 9.41. The summed E-state index contributed by atoms with van der Waals surface area (Å²) in [7, 11) is 22.9. The van der Waals surface area contributed by atoms with Crippen LogP contribution in [0.2, 0.25) is 0 Å². The van der Waals surface area contributed by atoms with Gasteiger partial charge in [0.05, 0.1) is 0 Å². The number of rotatable bonds is 2. The van der Waals surface area contributed by atoms with Crippen LogP contribution >= 0.6 is 0 Å². The van der Waals surface area contributed by atoms with E-state index in [4.69, 9.17) is 45.6 Å². The number of fused-ring (bicyclic) bond motifs is 1. The summed E-state index contributed by atoms with van der Waals surface area (Å²) in [6.45, 7) is 1.90. The van der Waals surface area contributed by atoms with Crippen molar-refractivity contribution in [1.29, 1.82) is 0 Å². The Morgan fingerprint density at radius 2 is 1.62 bits per heavy atom. The fraction of sp³-hybridized carbons (Fsp3) is 0.538. The van der Waals surface area contributed by atoms with Gasteiger partial charge in [-0.3, -0.25) is 0 Å². The maximum absolute atomic E-state index is 5.92. The smallest absolute Gasteiger partial charge is 0.163 e. The Labute approximate surface area is 129 Å². The Balaban J connectivity index is 1.79. The van der Waals surface area contributed by atoms with Crippen molar-refractivity contribution >= 4 is 31.4 Å². The molecule has 1 N–H and O–H groups in total. The molecule has 8 radical (unpaired) electrons. The first-order chi connectivity index (χ1) is 9.87. The van der Waals surface area contributed by atoms with E-state index in [1.54, 1.807) is 18.2 Å². The molecule has 0 bridgehead atoms. The van der Waals surface area contributed by atoms with Gasteiger partial charge in [-0.1, -0.05) is 0 Å². The standard InChI is InChI=1S/C13H13B4NO3/c14-12(15)13(16,17)21-11-7-9(1-2-10(11)20-12)19-8-3-5-18-6-4-8/h1-2,7-8,18H,3-6H2. The number of benzene rings is 1. The van der Waals surface area contributed by atoms with E-state index in [2.05, 4.69) is 5.32 Å². The molecule has 1 fully saturated rings. The molecule has 0 spiro atoms. The second kappa shape index (κ2) is 5.24. The Morgan fingerprint density at radius 1 is 1.00 bits per heavy atom. The number of piperidine rings is 1. The van der Waals surface area contributed by atoms with Gasteiger partial charge in [0, 0.05) is 16.9 Å². The zero-order valence-electron chi connectivity index (χ0n) is 11.7. The third-order valence-electron chi connectivity index (χ3n) is 3.67. The quantitative estimate of drug-likeness (QED) is 0.743. The summed E-state index contributed by atoms with van der Waals surface area (Å²) in [5, 5.41) is -0.349. The molecule has 2 heterocycles. The molecule has 21 heavy (non-hydrogen) atoms. The van der Waals surface area contributed by atoms with E-state index in [1.807, 2.05) is 0 Å². The van der Waals surface area contributed by atoms with Gasteiger partial charge in [0.2, 0.25) is 0 Å². The zero-order chi connectivity index (χ0) is 15.1. The van der Waals surface area contributed by atoms with Crippen LogP contribution in [0.3, 0.4) is 0 Å². The molecule has 0 saturated carbocycles. The summed E-state index contributed by atoms with van der Waals surface area (Å²) < 4.78 is 16.8. The van der Waals surface area contributed by atoms with Crippen LogP contribution in [-0.2, 0) is 0 Å². The Bertz CT molecular complexity index is 532. The van der Waals surface area contributed by atoms with Crippen molar-refractivity contribution in [2.45, 2.75) is 29.7 Å². The molecule has 1 aromatic carbocycles. The molecule has 0 unspecified atom stereocenters. The molecular weight excluding hydrogens is 261 g/mol. The van der Waals surface area contributed by atoms with Crippen molar-refractivity contribution in [2.75, 3.05) is 13.1 Å². The molecule has 2 aliphatic rings. The van der Waals surface area contributed by atoms with Crippen LogP contribution in [0.1, 0.15) is 12.8 Å². The van der Waals surface area contributed by atoms with Crippen molar-refractivity contribution in [3.05, 3.63) is 18.2 Å². The maximum Gasteiger partial charge on any atom is 0.163 e. The van der Waals surface area contributed by atoms with Crippen LogP contribution in [0.15, 0.2) is 18.2 Å². The van der Waals surface area contributed by atoms with E-state index in [-0.39, 0.29) is 6.10 Å². The fourth-order valence-corrected chi connectivity index (χ4v) is 2.35. The molecule has 0 aliphatic carbocycles. The summed E-state index contributed by atoms with van der Waals surface area (Å²) in [5.41, 5.74) is 0. The molecule has 3 rings (SSSR count). The van der Waals surface area contributed by atoms with Crippen molar-refractivity contribution in [1.82, 2.24) is 5.32 Å². The van der Waals surface area contributed by atoms with Gasteiger partial charge in [0.1, 0.15) is 43.2 Å².